The van der Waals surface area contributed by atoms with E-state index in [0.717, 1.165) is 22.3 Å². The van der Waals surface area contributed by atoms with Crippen molar-refractivity contribution >= 4 is 29.4 Å². The molecule has 1 atom stereocenters. The van der Waals surface area contributed by atoms with Crippen molar-refractivity contribution in [3.63, 3.8) is 0 Å². The molecule has 0 aliphatic heterocycles. The number of carboxylic acids is 1. The first-order valence-electron chi connectivity index (χ1n) is 11.4. The molecule has 2 N–H and O–H groups in total. The summed E-state index contributed by atoms with van der Waals surface area (Å²) in [6.45, 7) is 3.48. The number of amides is 1. The molecule has 0 saturated heterocycles. The molecule has 184 valence electrons. The third kappa shape index (κ3) is 5.93. The molecule has 4 aromatic rings. The summed E-state index contributed by atoms with van der Waals surface area (Å²) in [5.41, 5.74) is 5.13. The largest absolute Gasteiger partial charge is 0.481 e. The summed E-state index contributed by atoms with van der Waals surface area (Å²) >= 11 is 6.21. The van der Waals surface area contributed by atoms with Gasteiger partial charge in [0.2, 0.25) is 0 Å². The van der Waals surface area contributed by atoms with E-state index in [1.807, 2.05) is 60.7 Å². The fourth-order valence-electron chi connectivity index (χ4n) is 3.93. The molecular weight excluding hydrogens is 480 g/mol. The maximum atomic E-state index is 12.6. The molecule has 7 nitrogen and oxygen atoms in total. The van der Waals surface area contributed by atoms with Crippen molar-refractivity contribution in [2.24, 2.45) is 0 Å². The van der Waals surface area contributed by atoms with Crippen molar-refractivity contribution in [3.05, 3.63) is 106 Å². The van der Waals surface area contributed by atoms with E-state index in [9.17, 15) is 9.59 Å². The molecule has 0 bridgehead atoms. The lowest BCUT2D eigenvalue weighted by Crippen LogP contribution is -2.17. The first-order chi connectivity index (χ1) is 17.3. The van der Waals surface area contributed by atoms with Crippen LogP contribution in [0.3, 0.4) is 0 Å². The van der Waals surface area contributed by atoms with E-state index in [-0.39, 0.29) is 6.42 Å². The summed E-state index contributed by atoms with van der Waals surface area (Å²) < 4.78 is 11.0. The van der Waals surface area contributed by atoms with Gasteiger partial charge in [-0.25, -0.2) is 4.79 Å². The van der Waals surface area contributed by atoms with Gasteiger partial charge in [-0.2, -0.15) is 0 Å². The maximum Gasteiger partial charge on any atom is 0.412 e. The number of benzene rings is 3. The second kappa shape index (κ2) is 11.1. The molecule has 0 saturated carbocycles. The Labute approximate surface area is 213 Å². The number of halogens is 1. The van der Waals surface area contributed by atoms with Gasteiger partial charge < -0.3 is 14.4 Å². The van der Waals surface area contributed by atoms with Gasteiger partial charge in [0.05, 0.1) is 6.42 Å². The Morgan fingerprint density at radius 3 is 2.39 bits per heavy atom. The van der Waals surface area contributed by atoms with E-state index >= 15 is 0 Å². The topological polar surface area (TPSA) is 102 Å². The van der Waals surface area contributed by atoms with Crippen molar-refractivity contribution < 1.29 is 24.0 Å². The normalized spacial score (nSPS) is 11.6. The van der Waals surface area contributed by atoms with Crippen LogP contribution in [0.2, 0.25) is 5.02 Å². The SMILES string of the molecule is Cc1noc(-c2ccc(Cc3ccccc3CC(=O)O)cc2)c1NC(=O)OC(C)c1ccccc1Cl. The number of hydrogen-bond acceptors (Lipinski definition) is 5. The minimum Gasteiger partial charge on any atom is -0.481 e. The van der Waals surface area contributed by atoms with Crippen molar-refractivity contribution in [1.82, 2.24) is 5.16 Å². The van der Waals surface area contributed by atoms with Crippen LogP contribution >= 0.6 is 11.6 Å². The number of rotatable bonds is 8. The Hall–Kier alpha value is -4.10. The number of nitrogens with zero attached hydrogens (tertiary/aromatic N) is 1. The quantitative estimate of drug-likeness (QED) is 0.272. The Balaban J connectivity index is 1.48. The Bertz CT molecular complexity index is 1380. The molecule has 1 aromatic heterocycles. The average Bonchev–Trinajstić information content (AvgIpc) is 3.20. The van der Waals surface area contributed by atoms with E-state index in [4.69, 9.17) is 26.0 Å². The lowest BCUT2D eigenvalue weighted by atomic mass is 9.97. The molecule has 0 fully saturated rings. The van der Waals surface area contributed by atoms with Gasteiger partial charge in [-0.15, -0.1) is 0 Å². The van der Waals surface area contributed by atoms with E-state index < -0.39 is 18.2 Å². The zero-order chi connectivity index (χ0) is 25.7. The van der Waals surface area contributed by atoms with Crippen LogP contribution in [0.15, 0.2) is 77.3 Å². The highest BCUT2D eigenvalue weighted by Gasteiger charge is 2.20. The van der Waals surface area contributed by atoms with Gasteiger partial charge >= 0.3 is 12.1 Å². The summed E-state index contributed by atoms with van der Waals surface area (Å²) in [7, 11) is 0. The first-order valence-corrected chi connectivity index (χ1v) is 11.8. The molecule has 0 radical (unpaired) electrons. The van der Waals surface area contributed by atoms with E-state index in [0.29, 0.717) is 34.1 Å². The average molecular weight is 505 g/mol. The molecule has 8 heteroatoms. The molecule has 1 amide bonds. The zero-order valence-corrected chi connectivity index (χ0v) is 20.6. The number of nitrogens with one attached hydrogen (secondary N) is 1. The fraction of sp³-hybridized carbons (Fsp3) is 0.179. The zero-order valence-electron chi connectivity index (χ0n) is 19.8. The van der Waals surface area contributed by atoms with Crippen LogP contribution in [0.4, 0.5) is 10.5 Å². The van der Waals surface area contributed by atoms with Gasteiger partial charge in [-0.3, -0.25) is 10.1 Å². The van der Waals surface area contributed by atoms with Gasteiger partial charge in [0.1, 0.15) is 17.5 Å². The van der Waals surface area contributed by atoms with Gasteiger partial charge in [-0.1, -0.05) is 83.5 Å². The third-order valence-corrected chi connectivity index (χ3v) is 6.13. The monoisotopic (exact) mass is 504 g/mol. The molecule has 1 unspecified atom stereocenters. The third-order valence-electron chi connectivity index (χ3n) is 5.79. The highest BCUT2D eigenvalue weighted by atomic mass is 35.5. The van der Waals surface area contributed by atoms with Gasteiger partial charge in [-0.05, 0) is 43.0 Å². The number of carbonyl (C=O) groups excluding carboxylic acids is 1. The predicted molar refractivity (Wildman–Crippen MR) is 137 cm³/mol. The van der Waals surface area contributed by atoms with E-state index in [1.54, 1.807) is 26.0 Å². The summed E-state index contributed by atoms with van der Waals surface area (Å²) in [6, 6.07) is 22.3. The van der Waals surface area contributed by atoms with Crippen LogP contribution < -0.4 is 5.32 Å². The number of aryl methyl sites for hydroxylation is 1. The standard InChI is InChI=1S/C28H25ClN2O5/c1-17-26(30-28(34)35-18(2)23-9-5-6-10-24(23)29)27(36-31-17)20-13-11-19(12-14-20)15-21-7-3-4-8-22(21)16-25(32)33/h3-14,18H,15-16H2,1-2H3,(H,30,34)(H,32,33). The van der Waals surface area contributed by atoms with Gasteiger partial charge in [0.25, 0.3) is 0 Å². The number of aromatic nitrogens is 1. The molecule has 0 aliphatic rings. The second-order valence-electron chi connectivity index (χ2n) is 8.38. The molecule has 36 heavy (non-hydrogen) atoms. The highest BCUT2D eigenvalue weighted by molar-refractivity contribution is 6.31. The maximum absolute atomic E-state index is 12.6. The summed E-state index contributed by atoms with van der Waals surface area (Å²) in [4.78, 5) is 23.8. The number of hydrogen-bond donors (Lipinski definition) is 2. The van der Waals surface area contributed by atoms with Crippen molar-refractivity contribution in [3.8, 4) is 11.3 Å². The Morgan fingerprint density at radius 2 is 1.69 bits per heavy atom. The van der Waals surface area contributed by atoms with Crippen molar-refractivity contribution in [1.29, 1.82) is 0 Å². The van der Waals surface area contributed by atoms with Crippen LogP contribution in [0.25, 0.3) is 11.3 Å². The number of carboxylic acid groups (broad SMARTS) is 1. The molecule has 1 heterocycles. The minimum atomic E-state index is -0.863. The van der Waals surface area contributed by atoms with Crippen LogP contribution in [0, 0.1) is 6.92 Å². The highest BCUT2D eigenvalue weighted by Crippen LogP contribution is 2.32. The molecule has 4 rings (SSSR count). The summed E-state index contributed by atoms with van der Waals surface area (Å²) in [5.74, 6) is -0.453. The first kappa shape index (κ1) is 25.0. The van der Waals surface area contributed by atoms with Gasteiger partial charge in [0, 0.05) is 16.1 Å². The lowest BCUT2D eigenvalue weighted by Gasteiger charge is -2.15. The predicted octanol–water partition coefficient (Wildman–Crippen LogP) is 6.83. The number of anilines is 1. The minimum absolute atomic E-state index is 0.0220. The van der Waals surface area contributed by atoms with E-state index in [2.05, 4.69) is 10.5 Å². The molecule has 3 aromatic carbocycles. The van der Waals surface area contributed by atoms with Crippen LogP contribution in [-0.2, 0) is 22.4 Å². The number of ether oxygens (including phenoxy) is 1. The van der Waals surface area contributed by atoms with Crippen LogP contribution in [0.1, 0.15) is 41.0 Å². The van der Waals surface area contributed by atoms with Crippen LogP contribution in [0.5, 0.6) is 0 Å². The van der Waals surface area contributed by atoms with Gasteiger partial charge in [0.15, 0.2) is 5.76 Å². The van der Waals surface area contributed by atoms with Crippen molar-refractivity contribution in [2.45, 2.75) is 32.8 Å². The summed E-state index contributed by atoms with van der Waals surface area (Å²) in [6.07, 6.45) is -0.630. The molecule has 0 spiro atoms. The van der Waals surface area contributed by atoms with Crippen molar-refractivity contribution in [2.75, 3.05) is 5.32 Å². The Morgan fingerprint density at radius 1 is 1.03 bits per heavy atom. The Kier molecular flexibility index (Phi) is 7.71. The van der Waals surface area contributed by atoms with Crippen LogP contribution in [-0.4, -0.2) is 22.3 Å². The smallest absolute Gasteiger partial charge is 0.412 e. The molecule has 0 aliphatic carbocycles. The summed E-state index contributed by atoms with van der Waals surface area (Å²) in [5, 5.41) is 16.4. The second-order valence-corrected chi connectivity index (χ2v) is 8.79. The number of aliphatic carboxylic acids is 1. The van der Waals surface area contributed by atoms with E-state index in [1.165, 1.54) is 0 Å². The number of carbonyl (C=O) groups is 2. The molecular formula is C28H25ClN2O5. The fourth-order valence-corrected chi connectivity index (χ4v) is 4.22. The lowest BCUT2D eigenvalue weighted by molar-refractivity contribution is -0.136.